The predicted molar refractivity (Wildman–Crippen MR) is 260 cm³/mol. The van der Waals surface area contributed by atoms with E-state index in [0.717, 1.165) is 67.8 Å². The molecule has 0 bridgehead atoms. The third kappa shape index (κ3) is 21.1. The lowest BCUT2D eigenvalue weighted by molar-refractivity contribution is -0.275. The highest BCUT2D eigenvalue weighted by Crippen LogP contribution is 2.27. The maximum atomic E-state index is 14.0. The van der Waals surface area contributed by atoms with Gasteiger partial charge in [-0.25, -0.2) is 8.78 Å². The van der Waals surface area contributed by atoms with Crippen LogP contribution in [0.5, 0.6) is 11.5 Å². The van der Waals surface area contributed by atoms with Crippen LogP contribution in [0, 0.1) is 11.6 Å². The Balaban J connectivity index is 0.000000256. The third-order valence-corrected chi connectivity index (χ3v) is 10.6. The zero-order valence-corrected chi connectivity index (χ0v) is 41.7. The summed E-state index contributed by atoms with van der Waals surface area (Å²) >= 11 is 0. The molecule has 79 heavy (non-hydrogen) atoms. The van der Waals surface area contributed by atoms with E-state index in [1.807, 2.05) is 6.07 Å². The van der Waals surface area contributed by atoms with Gasteiger partial charge < -0.3 is 35.5 Å². The summed E-state index contributed by atoms with van der Waals surface area (Å²) in [4.78, 5) is 52.8. The fourth-order valence-electron chi connectivity index (χ4n) is 6.91. The highest BCUT2D eigenvalue weighted by atomic mass is 19.4. The van der Waals surface area contributed by atoms with Gasteiger partial charge in [-0.1, -0.05) is 16.5 Å². The number of methoxy groups -OCH3 is 1. The summed E-state index contributed by atoms with van der Waals surface area (Å²) in [5.74, 6) is -4.77. The van der Waals surface area contributed by atoms with E-state index in [2.05, 4.69) is 76.7 Å². The van der Waals surface area contributed by atoms with Gasteiger partial charge in [0, 0.05) is 44.1 Å². The molecule has 0 unspecified atom stereocenters. The molecule has 0 aliphatic rings. The van der Waals surface area contributed by atoms with Gasteiger partial charge in [-0.2, -0.15) is 10.2 Å². The number of benzene rings is 2. The third-order valence-electron chi connectivity index (χ3n) is 10.6. The van der Waals surface area contributed by atoms with Crippen molar-refractivity contribution < 1.29 is 68.5 Å². The number of nitrogens with zero attached hydrogens (tertiary/aromatic N) is 11. The van der Waals surface area contributed by atoms with E-state index < -0.39 is 60.5 Å². The molecule has 22 nitrogen and oxygen atoms in total. The quantitative estimate of drug-likeness (QED) is 0.0360. The molecule has 0 saturated heterocycles. The molecule has 0 spiro atoms. The summed E-state index contributed by atoms with van der Waals surface area (Å²) in [6.45, 7) is 2.14. The van der Waals surface area contributed by atoms with Crippen LogP contribution in [0.1, 0.15) is 74.9 Å². The zero-order valence-electron chi connectivity index (χ0n) is 41.7. The lowest BCUT2D eigenvalue weighted by Gasteiger charge is -2.11. The van der Waals surface area contributed by atoms with Gasteiger partial charge in [0.05, 0.1) is 55.5 Å². The second-order valence-electron chi connectivity index (χ2n) is 16.8. The fraction of sp³-hybridized carbons (Fsp3) is 0.327. The number of amides is 4. The Morgan fingerprint density at radius 2 is 1.06 bits per heavy atom. The Morgan fingerprint density at radius 1 is 0.570 bits per heavy atom. The molecule has 0 fully saturated rings. The number of hydrogen-bond donors (Lipinski definition) is 4. The number of rotatable bonds is 25. The Kier molecular flexibility index (Phi) is 21.6. The van der Waals surface area contributed by atoms with E-state index in [-0.39, 0.29) is 52.5 Å². The smallest absolute Gasteiger partial charge is 0.406 e. The van der Waals surface area contributed by atoms with Crippen molar-refractivity contribution >= 4 is 35.3 Å². The van der Waals surface area contributed by atoms with Gasteiger partial charge in [-0.15, -0.1) is 46.7 Å². The Morgan fingerprint density at radius 3 is 1.49 bits per heavy atom. The number of aryl methyl sites for hydroxylation is 4. The van der Waals surface area contributed by atoms with Gasteiger partial charge in [0.1, 0.15) is 23.1 Å². The van der Waals surface area contributed by atoms with E-state index >= 15 is 0 Å². The van der Waals surface area contributed by atoms with Crippen LogP contribution >= 0.6 is 0 Å². The number of anilines is 2. The van der Waals surface area contributed by atoms with Crippen molar-refractivity contribution in [2.24, 2.45) is 0 Å². The normalized spacial score (nSPS) is 11.3. The first-order valence-electron chi connectivity index (χ1n) is 23.9. The molecule has 7 rings (SSSR count). The molecule has 4 amide bonds. The molecule has 4 N–H and O–H groups in total. The number of ether oxygens (including phenoxy) is 3. The van der Waals surface area contributed by atoms with E-state index in [9.17, 15) is 54.3 Å². The molecular formula is C49H49F8N15O7. The van der Waals surface area contributed by atoms with E-state index in [4.69, 9.17) is 4.74 Å². The summed E-state index contributed by atoms with van der Waals surface area (Å²) in [6.07, 6.45) is -2.04. The van der Waals surface area contributed by atoms with Crippen molar-refractivity contribution in [3.63, 3.8) is 0 Å². The second-order valence-corrected chi connectivity index (χ2v) is 16.8. The Labute approximate surface area is 443 Å². The summed E-state index contributed by atoms with van der Waals surface area (Å²) < 4.78 is 118. The van der Waals surface area contributed by atoms with E-state index in [1.54, 1.807) is 52.2 Å². The first kappa shape index (κ1) is 59.2. The van der Waals surface area contributed by atoms with Gasteiger partial charge in [-0.3, -0.25) is 33.5 Å². The first-order valence-corrected chi connectivity index (χ1v) is 23.9. The molecule has 5 aromatic heterocycles. The van der Waals surface area contributed by atoms with Crippen molar-refractivity contribution in [2.45, 2.75) is 83.7 Å². The van der Waals surface area contributed by atoms with Crippen LogP contribution in [0.3, 0.4) is 0 Å². The number of carbonyl (C=O) groups excluding carboxylic acids is 4. The van der Waals surface area contributed by atoms with E-state index in [0.29, 0.717) is 50.5 Å². The van der Waals surface area contributed by atoms with Gasteiger partial charge in [0.15, 0.2) is 23.0 Å². The first-order chi connectivity index (χ1) is 37.8. The average Bonchev–Trinajstić information content (AvgIpc) is 4.11. The predicted octanol–water partition coefficient (Wildman–Crippen LogP) is 6.32. The lowest BCUT2D eigenvalue weighted by Crippen LogP contribution is -2.27. The second kappa shape index (κ2) is 28.9. The van der Waals surface area contributed by atoms with Crippen LogP contribution in [0.2, 0.25) is 0 Å². The lowest BCUT2D eigenvalue weighted by atomic mass is 10.1. The molecule has 0 radical (unpaired) electrons. The molecule has 0 aliphatic heterocycles. The van der Waals surface area contributed by atoms with E-state index in [1.165, 1.54) is 19.2 Å². The Hall–Kier alpha value is -9.09. The molecule has 2 aromatic carbocycles. The topological polar surface area (TPSA) is 270 Å². The number of pyridine rings is 1. The van der Waals surface area contributed by atoms with Crippen molar-refractivity contribution in [1.82, 2.24) is 66.0 Å². The fourth-order valence-corrected chi connectivity index (χ4v) is 6.91. The number of carbonyl (C=O) groups is 4. The molecule has 0 aliphatic carbocycles. The molecule has 7 aromatic rings. The van der Waals surface area contributed by atoms with Crippen molar-refractivity contribution in [2.75, 3.05) is 30.9 Å². The monoisotopic (exact) mass is 1110 g/mol. The van der Waals surface area contributed by atoms with Crippen LogP contribution in [0.25, 0.3) is 0 Å². The number of hydrogen-bond acceptors (Lipinski definition) is 16. The highest BCUT2D eigenvalue weighted by molar-refractivity contribution is 5.93. The number of nitrogens with one attached hydrogen (secondary N) is 4. The summed E-state index contributed by atoms with van der Waals surface area (Å²) in [5.41, 5.74) is 1.95. The van der Waals surface area contributed by atoms with Crippen LogP contribution in [-0.4, -0.2) is 112 Å². The van der Waals surface area contributed by atoms with Crippen LogP contribution in [0.15, 0.2) is 97.5 Å². The molecule has 30 heteroatoms. The number of aromatic nitrogens is 11. The minimum atomic E-state index is -4.94. The Bertz CT molecular complexity index is 3090. The largest absolute Gasteiger partial charge is 0.573 e. The maximum Gasteiger partial charge on any atom is 0.573 e. The van der Waals surface area contributed by atoms with Crippen LogP contribution in [-0.2, 0) is 59.6 Å². The molecule has 0 atom stereocenters. The number of alkyl halides is 6. The molecule has 5 heterocycles. The molecule has 418 valence electrons. The minimum Gasteiger partial charge on any atom is -0.406 e. The standard InChI is InChI=1S/C26H24F4N8O3.C23H25F4N7O4/c27-21-9-8-20(41-26(28,29)30)13-17(21)14-24(39)33-23-10-7-18(34-36-23)5-2-4-12-38-16-22(35-37-38)25(40)32-15-19-6-1-3-11-31-19;1-37-11-9-28-22(36)19-14-34(33-31-19)10-3-2-4-16-5-8-20(32-30-16)29-21(35)13-15-12-17(6-7-18(15)24)38-23(25,26)27/h1,3,6-11,13,16H,2,4-5,12,14-15H2,(H,32,40)(H,33,36,39);5-8,12,14H,2-4,9-11,13H2,1H3,(H,28,36)(H,29,32,35). The number of halogens is 8. The van der Waals surface area contributed by atoms with Gasteiger partial charge in [-0.05, 0) is 111 Å². The van der Waals surface area contributed by atoms with Crippen LogP contribution in [0.4, 0.5) is 46.8 Å². The number of unbranched alkanes of at least 4 members (excludes halogenated alkanes) is 2. The minimum absolute atomic E-state index is 0.110. The maximum absolute atomic E-state index is 14.0. The van der Waals surface area contributed by atoms with Crippen molar-refractivity contribution in [3.8, 4) is 11.5 Å². The van der Waals surface area contributed by atoms with Crippen LogP contribution < -0.4 is 30.7 Å². The summed E-state index contributed by atoms with van der Waals surface area (Å²) in [5, 5.41) is 41.8. The van der Waals surface area contributed by atoms with Gasteiger partial charge >= 0.3 is 12.7 Å². The van der Waals surface area contributed by atoms with Gasteiger partial charge in [0.2, 0.25) is 11.8 Å². The average molecular weight is 1110 g/mol. The highest BCUT2D eigenvalue weighted by Gasteiger charge is 2.32. The van der Waals surface area contributed by atoms with Crippen molar-refractivity contribution in [3.05, 3.63) is 149 Å². The summed E-state index contributed by atoms with van der Waals surface area (Å²) in [6, 6.07) is 16.7. The SMILES string of the molecule is COCCNC(=O)c1cn(CCCCc2ccc(NC(=O)Cc3cc(OC(F)(F)F)ccc3F)nn2)nn1.O=C(Cc1cc(OC(F)(F)F)ccc1F)Nc1ccc(CCCCn2cc(C(=O)NCc3ccccn3)nn2)nn1. The zero-order chi connectivity index (χ0) is 56.8. The van der Waals surface area contributed by atoms with Gasteiger partial charge in [0.25, 0.3) is 11.8 Å². The molecular weight excluding hydrogens is 1060 g/mol. The molecule has 0 saturated carbocycles. The summed E-state index contributed by atoms with van der Waals surface area (Å²) in [7, 11) is 1.54. The van der Waals surface area contributed by atoms with Crippen molar-refractivity contribution in [1.29, 1.82) is 0 Å².